The van der Waals surface area contributed by atoms with Gasteiger partial charge in [-0.05, 0) is 27.7 Å². The third-order valence-corrected chi connectivity index (χ3v) is 5.22. The number of aromatic carboxylic acids is 2. The average molecular weight is 308 g/mol. The third-order valence-electron chi connectivity index (χ3n) is 3.18. The van der Waals surface area contributed by atoms with Crippen molar-refractivity contribution >= 4 is 34.6 Å². The lowest BCUT2D eigenvalue weighted by molar-refractivity contribution is -0.256. The van der Waals surface area contributed by atoms with Crippen molar-refractivity contribution in [2.24, 2.45) is 0 Å². The van der Waals surface area contributed by atoms with E-state index in [1.54, 1.807) is 27.7 Å². The molecule has 0 aromatic carbocycles. The highest BCUT2D eigenvalue weighted by Crippen LogP contribution is 2.42. The quantitative estimate of drug-likeness (QED) is 0.859. The molecule has 2 heterocycles. The minimum atomic E-state index is -1.28. The first-order valence-corrected chi connectivity index (χ1v) is 7.52. The van der Waals surface area contributed by atoms with Crippen LogP contribution in [0.1, 0.15) is 40.2 Å². The highest BCUT2D eigenvalue weighted by atomic mass is 32.1. The lowest BCUT2D eigenvalue weighted by Gasteiger charge is -2.12. The molecule has 4 nitrogen and oxygen atoms in total. The molecule has 6 heteroatoms. The summed E-state index contributed by atoms with van der Waals surface area (Å²) < 4.78 is 0. The fraction of sp³-hybridized carbons (Fsp3) is 0.286. The summed E-state index contributed by atoms with van der Waals surface area (Å²) in [7, 11) is 0. The summed E-state index contributed by atoms with van der Waals surface area (Å²) in [6, 6.07) is 0. The molecule has 0 unspecified atom stereocenters. The largest absolute Gasteiger partial charge is 0.545 e. The Morgan fingerprint density at radius 1 is 0.700 bits per heavy atom. The maximum atomic E-state index is 11.4. The topological polar surface area (TPSA) is 80.3 Å². The van der Waals surface area contributed by atoms with Crippen molar-refractivity contribution in [3.63, 3.8) is 0 Å². The zero-order valence-electron chi connectivity index (χ0n) is 11.4. The molecule has 0 bridgehead atoms. The van der Waals surface area contributed by atoms with E-state index in [2.05, 4.69) is 0 Å². The zero-order valence-corrected chi connectivity index (χ0v) is 13.1. The second kappa shape index (κ2) is 5.03. The number of carbonyl (C=O) groups excluding carboxylic acids is 2. The average Bonchev–Trinajstić information content (AvgIpc) is 2.74. The number of carboxylic acids is 2. The molecule has 0 aliphatic carbocycles. The van der Waals surface area contributed by atoms with Gasteiger partial charge in [0.25, 0.3) is 0 Å². The maximum absolute atomic E-state index is 11.4. The molecular formula is C14H12O4S2-2. The first kappa shape index (κ1) is 14.7. The van der Waals surface area contributed by atoms with Crippen molar-refractivity contribution in [1.82, 2.24) is 0 Å². The van der Waals surface area contributed by atoms with Gasteiger partial charge in [-0.3, -0.25) is 0 Å². The van der Waals surface area contributed by atoms with Gasteiger partial charge in [-0.25, -0.2) is 0 Å². The van der Waals surface area contributed by atoms with Gasteiger partial charge in [0, 0.05) is 41.8 Å². The van der Waals surface area contributed by atoms with Gasteiger partial charge in [0.2, 0.25) is 0 Å². The maximum Gasteiger partial charge on any atom is 0.0732 e. The summed E-state index contributed by atoms with van der Waals surface area (Å²) in [5.74, 6) is -2.57. The molecule has 20 heavy (non-hydrogen) atoms. The van der Waals surface area contributed by atoms with Crippen molar-refractivity contribution in [2.75, 3.05) is 0 Å². The van der Waals surface area contributed by atoms with E-state index in [1.807, 2.05) is 0 Å². The molecule has 2 aromatic heterocycles. The van der Waals surface area contributed by atoms with Gasteiger partial charge < -0.3 is 19.8 Å². The molecule has 0 N–H and O–H groups in total. The monoisotopic (exact) mass is 308 g/mol. The van der Waals surface area contributed by atoms with E-state index < -0.39 is 11.9 Å². The molecule has 106 valence electrons. The van der Waals surface area contributed by atoms with Gasteiger partial charge >= 0.3 is 0 Å². The van der Waals surface area contributed by atoms with Crippen molar-refractivity contribution in [1.29, 1.82) is 0 Å². The van der Waals surface area contributed by atoms with E-state index in [0.29, 0.717) is 20.9 Å². The predicted molar refractivity (Wildman–Crippen MR) is 75.2 cm³/mol. The second-order valence-corrected chi connectivity index (χ2v) is 7.36. The summed E-state index contributed by atoms with van der Waals surface area (Å²) in [4.78, 5) is 25.5. The molecule has 0 spiro atoms. The van der Waals surface area contributed by atoms with Crippen molar-refractivity contribution in [3.8, 4) is 11.1 Å². The van der Waals surface area contributed by atoms with E-state index in [-0.39, 0.29) is 11.1 Å². The fourth-order valence-corrected chi connectivity index (χ4v) is 4.57. The summed E-state index contributed by atoms with van der Waals surface area (Å²) in [6.07, 6.45) is 0. The van der Waals surface area contributed by atoms with Crippen LogP contribution >= 0.6 is 22.7 Å². The summed E-state index contributed by atoms with van der Waals surface area (Å²) in [6.45, 7) is 6.95. The third kappa shape index (κ3) is 2.14. The lowest BCUT2D eigenvalue weighted by Crippen LogP contribution is -2.25. The second-order valence-electron chi connectivity index (χ2n) is 4.50. The summed E-state index contributed by atoms with van der Waals surface area (Å²) in [5, 5.41) is 22.7. The predicted octanol–water partition coefficient (Wildman–Crippen LogP) is 1.44. The Kier molecular flexibility index (Phi) is 3.71. The van der Waals surface area contributed by atoms with Crippen LogP contribution in [0.15, 0.2) is 0 Å². The summed E-state index contributed by atoms with van der Waals surface area (Å²) in [5.41, 5.74) is 1.06. The molecule has 0 atom stereocenters. The van der Waals surface area contributed by atoms with E-state index in [9.17, 15) is 19.8 Å². The van der Waals surface area contributed by atoms with Gasteiger partial charge in [-0.2, -0.15) is 0 Å². The Labute approximate surface area is 124 Å². The van der Waals surface area contributed by atoms with Crippen LogP contribution in [0.3, 0.4) is 0 Å². The Balaban J connectivity index is 2.89. The first-order chi connectivity index (χ1) is 9.25. The zero-order chi connectivity index (χ0) is 15.2. The number of hydrogen-bond donors (Lipinski definition) is 0. The van der Waals surface area contributed by atoms with Crippen molar-refractivity contribution in [2.45, 2.75) is 27.7 Å². The van der Waals surface area contributed by atoms with Gasteiger partial charge in [0.1, 0.15) is 0 Å². The fourth-order valence-electron chi connectivity index (χ4n) is 2.46. The Morgan fingerprint density at radius 2 is 1.00 bits per heavy atom. The molecule has 0 saturated heterocycles. The highest BCUT2D eigenvalue weighted by Gasteiger charge is 2.23. The molecule has 0 saturated carbocycles. The molecule has 2 rings (SSSR count). The van der Waals surface area contributed by atoms with Crippen molar-refractivity contribution in [3.05, 3.63) is 30.6 Å². The molecular weight excluding hydrogens is 296 g/mol. The van der Waals surface area contributed by atoms with Crippen LogP contribution in [0.2, 0.25) is 0 Å². The number of carboxylic acid groups (broad SMARTS) is 2. The molecule has 0 amide bonds. The van der Waals surface area contributed by atoms with Crippen LogP contribution in [0.5, 0.6) is 0 Å². The Hall–Kier alpha value is -1.66. The van der Waals surface area contributed by atoms with E-state index >= 15 is 0 Å². The minimum Gasteiger partial charge on any atom is -0.545 e. The Bertz CT molecular complexity index is 660. The normalized spacial score (nSPS) is 10.8. The van der Waals surface area contributed by atoms with E-state index in [4.69, 9.17) is 0 Å². The number of hydrogen-bond acceptors (Lipinski definition) is 6. The SMILES string of the molecule is Cc1sc(C)c(-c2c(C)sc(C)c2C(=O)[O-])c1C(=O)[O-]. The van der Waals surface area contributed by atoms with E-state index in [0.717, 1.165) is 9.75 Å². The van der Waals surface area contributed by atoms with Crippen LogP contribution in [0, 0.1) is 27.7 Å². The van der Waals surface area contributed by atoms with Gasteiger partial charge in [0.05, 0.1) is 11.9 Å². The number of rotatable bonds is 3. The molecule has 0 radical (unpaired) electrons. The molecule has 2 aromatic rings. The van der Waals surface area contributed by atoms with Crippen molar-refractivity contribution < 1.29 is 19.8 Å². The van der Waals surface area contributed by atoms with Crippen LogP contribution in [-0.2, 0) is 0 Å². The standard InChI is InChI=1S/C14H14O4S2/c1-5-9(11(13(15)16)7(3)19-5)10-6(2)20-8(4)12(10)14(17)18/h1-4H3,(H,15,16)(H,17,18)/p-2. The lowest BCUT2D eigenvalue weighted by atomic mass is 9.96. The van der Waals surface area contributed by atoms with Gasteiger partial charge in [0.15, 0.2) is 0 Å². The van der Waals surface area contributed by atoms with Gasteiger partial charge in [-0.15, -0.1) is 22.7 Å². The van der Waals surface area contributed by atoms with Crippen LogP contribution < -0.4 is 10.2 Å². The molecule has 0 aliphatic rings. The minimum absolute atomic E-state index is 0.0795. The Morgan fingerprint density at radius 3 is 1.25 bits per heavy atom. The van der Waals surface area contributed by atoms with Crippen LogP contribution in [0.4, 0.5) is 0 Å². The first-order valence-electron chi connectivity index (χ1n) is 5.88. The van der Waals surface area contributed by atoms with Gasteiger partial charge in [-0.1, -0.05) is 0 Å². The number of thiophene rings is 2. The highest BCUT2D eigenvalue weighted by molar-refractivity contribution is 7.13. The smallest absolute Gasteiger partial charge is 0.0732 e. The molecule has 0 fully saturated rings. The number of aryl methyl sites for hydroxylation is 4. The van der Waals surface area contributed by atoms with Crippen LogP contribution in [-0.4, -0.2) is 11.9 Å². The molecule has 0 aliphatic heterocycles. The van der Waals surface area contributed by atoms with Crippen LogP contribution in [0.25, 0.3) is 11.1 Å². The summed E-state index contributed by atoms with van der Waals surface area (Å²) >= 11 is 2.66. The van der Waals surface area contributed by atoms with E-state index in [1.165, 1.54) is 22.7 Å². The number of carbonyl (C=O) groups is 2.